The van der Waals surface area contributed by atoms with Crippen LogP contribution in [0.1, 0.15) is 12.1 Å². The van der Waals surface area contributed by atoms with Crippen molar-refractivity contribution < 1.29 is 13.5 Å². The van der Waals surface area contributed by atoms with Crippen LogP contribution < -0.4 is 16.6 Å². The fraction of sp³-hybridized carbons (Fsp3) is 0.222. The van der Waals surface area contributed by atoms with Gasteiger partial charge in [-0.15, -0.1) is 0 Å². The molecule has 13 heteroatoms. The number of anilines is 1. The Kier molecular flexibility index (Phi) is 5.75. The summed E-state index contributed by atoms with van der Waals surface area (Å²) in [7, 11) is 0. The van der Waals surface area contributed by atoms with Crippen molar-refractivity contribution in [2.75, 3.05) is 11.9 Å². The van der Waals surface area contributed by atoms with Crippen LogP contribution >= 0.6 is 15.9 Å². The molecule has 0 bridgehead atoms. The first-order valence-electron chi connectivity index (χ1n) is 9.10. The molecular weight excluding hydrogens is 477 g/mol. The second kappa shape index (κ2) is 8.63. The maximum atomic E-state index is 13.6. The van der Waals surface area contributed by atoms with Crippen LogP contribution in [0, 0.1) is 12.7 Å². The highest BCUT2D eigenvalue weighted by Gasteiger charge is 2.23. The van der Waals surface area contributed by atoms with Gasteiger partial charge in [0.05, 0.1) is 15.9 Å². The first kappa shape index (κ1) is 20.7. The van der Waals surface area contributed by atoms with E-state index in [-0.39, 0.29) is 27.4 Å². The van der Waals surface area contributed by atoms with Crippen LogP contribution in [0.25, 0.3) is 17.2 Å². The van der Waals surface area contributed by atoms with Crippen molar-refractivity contribution in [3.05, 3.63) is 67.2 Å². The zero-order valence-electron chi connectivity index (χ0n) is 16.1. The third-order valence-corrected chi connectivity index (χ3v) is 4.91. The molecule has 3 heterocycles. The molecule has 3 aromatic heterocycles. The lowest BCUT2D eigenvalue weighted by atomic mass is 10.3. The summed E-state index contributed by atoms with van der Waals surface area (Å²) in [5.41, 5.74) is 1.00. The van der Waals surface area contributed by atoms with Gasteiger partial charge in [0.25, 0.3) is 5.56 Å². The predicted octanol–water partition coefficient (Wildman–Crippen LogP) is 2.14. The molecule has 0 aliphatic carbocycles. The third kappa shape index (κ3) is 4.30. The smallest absolute Gasteiger partial charge is 0.365 e. The van der Waals surface area contributed by atoms with Crippen LogP contribution in [0.15, 0.2) is 53.5 Å². The third-order valence-electron chi connectivity index (χ3n) is 4.31. The van der Waals surface area contributed by atoms with Crippen LogP contribution in [-0.2, 0) is 6.54 Å². The van der Waals surface area contributed by atoms with E-state index in [1.807, 2.05) is 0 Å². The fourth-order valence-corrected chi connectivity index (χ4v) is 3.22. The highest BCUT2D eigenvalue weighted by molar-refractivity contribution is 9.10. The van der Waals surface area contributed by atoms with E-state index in [1.165, 1.54) is 28.9 Å². The first-order valence-corrected chi connectivity index (χ1v) is 9.89. The number of rotatable bonds is 7. The second-order valence-corrected chi connectivity index (χ2v) is 7.34. The average Bonchev–Trinajstić information content (AvgIpc) is 3.36. The van der Waals surface area contributed by atoms with Gasteiger partial charge in [-0.3, -0.25) is 9.32 Å². The maximum Gasteiger partial charge on any atom is 0.446 e. The lowest BCUT2D eigenvalue weighted by molar-refractivity contribution is 0.309. The number of aryl methyl sites for hydroxylation is 2. The lowest BCUT2D eigenvalue weighted by Crippen LogP contribution is -2.23. The topological polar surface area (TPSA) is 134 Å². The van der Waals surface area contributed by atoms with Gasteiger partial charge in [-0.05, 0) is 63.9 Å². The number of nitrogens with zero attached hydrogens (tertiary/aromatic N) is 6. The van der Waals surface area contributed by atoms with E-state index in [0.29, 0.717) is 25.2 Å². The molecule has 0 fully saturated rings. The molecule has 0 saturated heterocycles. The molecule has 160 valence electrons. The van der Waals surface area contributed by atoms with Gasteiger partial charge in [-0.25, -0.2) is 23.1 Å². The summed E-state index contributed by atoms with van der Waals surface area (Å²) in [6.07, 6.45) is 0.555. The lowest BCUT2D eigenvalue weighted by Gasteiger charge is -2.07. The van der Waals surface area contributed by atoms with Crippen molar-refractivity contribution in [3.63, 3.8) is 0 Å². The Hall–Kier alpha value is -3.61. The minimum Gasteiger partial charge on any atom is -0.365 e. The minimum absolute atomic E-state index is 0.0313. The highest BCUT2D eigenvalue weighted by Crippen LogP contribution is 2.26. The number of halogens is 2. The van der Waals surface area contributed by atoms with Crippen molar-refractivity contribution in [2.24, 2.45) is 0 Å². The van der Waals surface area contributed by atoms with Crippen LogP contribution in [0.2, 0.25) is 0 Å². The molecule has 0 amide bonds. The Morgan fingerprint density at radius 1 is 1.16 bits per heavy atom. The Bertz CT molecular complexity index is 1340. The summed E-state index contributed by atoms with van der Waals surface area (Å²) in [6.45, 7) is 2.61. The molecule has 0 aliphatic rings. The van der Waals surface area contributed by atoms with Gasteiger partial charge >= 0.3 is 5.76 Å². The summed E-state index contributed by atoms with van der Waals surface area (Å²) in [5.74, 6) is -1.01. The number of hydrogen-bond acceptors (Lipinski definition) is 9. The SMILES string of the molecule is Cc1ccc(=O)n(CCCNc2nonc2-c2noc(=O)n2-c2ccc(F)c(Br)c2)n1. The van der Waals surface area contributed by atoms with Crippen LogP contribution in [0.3, 0.4) is 0 Å². The highest BCUT2D eigenvalue weighted by atomic mass is 79.9. The second-order valence-electron chi connectivity index (χ2n) is 6.48. The molecule has 0 saturated carbocycles. The van der Waals surface area contributed by atoms with Gasteiger partial charge in [0, 0.05) is 19.2 Å². The van der Waals surface area contributed by atoms with Crippen molar-refractivity contribution in [1.29, 1.82) is 0 Å². The average molecular weight is 492 g/mol. The Balaban J connectivity index is 1.53. The predicted molar refractivity (Wildman–Crippen MR) is 109 cm³/mol. The summed E-state index contributed by atoms with van der Waals surface area (Å²) in [5, 5.41) is 18.6. The molecule has 0 aliphatic heterocycles. The quantitative estimate of drug-likeness (QED) is 0.385. The van der Waals surface area contributed by atoms with Gasteiger partial charge < -0.3 is 5.32 Å². The first-order chi connectivity index (χ1) is 14.9. The minimum atomic E-state index is -0.785. The molecule has 1 aromatic carbocycles. The van der Waals surface area contributed by atoms with Crippen LogP contribution in [0.4, 0.5) is 10.2 Å². The number of hydrogen-bond donors (Lipinski definition) is 1. The molecule has 0 unspecified atom stereocenters. The van der Waals surface area contributed by atoms with E-state index in [0.717, 1.165) is 10.3 Å². The normalized spacial score (nSPS) is 11.1. The fourth-order valence-electron chi connectivity index (χ4n) is 2.85. The van der Waals surface area contributed by atoms with Gasteiger partial charge in [0.15, 0.2) is 5.69 Å². The van der Waals surface area contributed by atoms with E-state index in [4.69, 9.17) is 9.15 Å². The molecule has 4 aromatic rings. The molecule has 31 heavy (non-hydrogen) atoms. The van der Waals surface area contributed by atoms with Crippen molar-refractivity contribution in [1.82, 2.24) is 29.8 Å². The van der Waals surface area contributed by atoms with Gasteiger partial charge in [-0.2, -0.15) is 5.10 Å². The van der Waals surface area contributed by atoms with E-state index in [2.05, 4.69) is 41.8 Å². The molecule has 0 radical (unpaired) electrons. The molecule has 11 nitrogen and oxygen atoms in total. The summed E-state index contributed by atoms with van der Waals surface area (Å²) in [6, 6.07) is 7.12. The van der Waals surface area contributed by atoms with Crippen LogP contribution in [-0.4, -0.2) is 36.4 Å². The summed E-state index contributed by atoms with van der Waals surface area (Å²) < 4.78 is 25.8. The van der Waals surface area contributed by atoms with E-state index in [1.54, 1.807) is 13.0 Å². The molecule has 1 N–H and O–H groups in total. The summed E-state index contributed by atoms with van der Waals surface area (Å²) >= 11 is 3.09. The molecule has 4 rings (SSSR count). The summed E-state index contributed by atoms with van der Waals surface area (Å²) in [4.78, 5) is 24.0. The van der Waals surface area contributed by atoms with Crippen molar-refractivity contribution >= 4 is 21.7 Å². The van der Waals surface area contributed by atoms with Crippen molar-refractivity contribution in [2.45, 2.75) is 19.9 Å². The zero-order valence-corrected chi connectivity index (χ0v) is 17.7. The Morgan fingerprint density at radius 2 is 2.00 bits per heavy atom. The number of aromatic nitrogens is 6. The van der Waals surface area contributed by atoms with E-state index < -0.39 is 11.6 Å². The number of nitrogens with one attached hydrogen (secondary N) is 1. The molecule has 0 atom stereocenters. The standard InChI is InChI=1S/C18H15BrFN7O4/c1-10-3-6-14(28)26(22-10)8-2-7-21-16-15(23-31-24-16)17-25-30-18(29)27(17)11-4-5-13(20)12(19)9-11/h3-6,9H,2,7-8H2,1H3,(H,21,24). The monoisotopic (exact) mass is 491 g/mol. The van der Waals surface area contributed by atoms with Gasteiger partial charge in [0.1, 0.15) is 5.82 Å². The van der Waals surface area contributed by atoms with E-state index >= 15 is 0 Å². The zero-order chi connectivity index (χ0) is 22.0. The van der Waals surface area contributed by atoms with Crippen molar-refractivity contribution in [3.8, 4) is 17.2 Å². The molecule has 0 spiro atoms. The van der Waals surface area contributed by atoms with E-state index in [9.17, 15) is 14.0 Å². The number of benzene rings is 1. The van der Waals surface area contributed by atoms with Gasteiger partial charge in [0.2, 0.25) is 11.6 Å². The largest absolute Gasteiger partial charge is 0.446 e. The maximum absolute atomic E-state index is 13.6. The Labute approximate surface area is 181 Å². The molecular formula is C18H15BrFN7O4. The van der Waals surface area contributed by atoms with Crippen LogP contribution in [0.5, 0.6) is 0 Å². The van der Waals surface area contributed by atoms with Gasteiger partial charge in [-0.1, -0.05) is 5.16 Å². The Morgan fingerprint density at radius 3 is 2.81 bits per heavy atom.